The quantitative estimate of drug-likeness (QED) is 0.198. The van der Waals surface area contributed by atoms with Crippen molar-refractivity contribution < 1.29 is 24.6 Å². The summed E-state index contributed by atoms with van der Waals surface area (Å²) in [5, 5.41) is 23.1. The Balaban J connectivity index is 1.65. The van der Waals surface area contributed by atoms with Gasteiger partial charge in [0, 0.05) is 18.3 Å². The fraction of sp³-hybridized carbons (Fsp3) is 0.286. The molecule has 0 bridgehead atoms. The first-order valence-electron chi connectivity index (χ1n) is 10.5. The largest absolute Gasteiger partial charge is 0.480 e. The number of hydrogen-bond donors (Lipinski definition) is 6. The Morgan fingerprint density at radius 2 is 1.80 bits per heavy atom. The molecule has 2 aromatic heterocycles. The number of aliphatic carboxylic acids is 2. The Hall–Kier alpha value is -4.59. The summed E-state index contributed by atoms with van der Waals surface area (Å²) in [6.07, 6.45) is 2.02. The maximum Gasteiger partial charge on any atom is 0.326 e. The average molecular weight is 483 g/mol. The molecule has 0 unspecified atom stereocenters. The van der Waals surface area contributed by atoms with Gasteiger partial charge in [0.25, 0.3) is 5.91 Å². The standard InChI is InChI=1S/C21H25N9O5/c1-30(14-9-25-18-16(27-14)17(22)28-21(23)29-18)12-6-4-11(5-7-12)19(33)26-13(20(34)35)3-2-8-24-10-15(31)32/h4-7,9,13,24H,2-3,8,10H2,1H3,(H,26,33)(H,31,32)(H,34,35)(H4,22,23,25,28,29)/t13-/m0/s1. The lowest BCUT2D eigenvalue weighted by Gasteiger charge is -2.19. The highest BCUT2D eigenvalue weighted by Gasteiger charge is 2.20. The van der Waals surface area contributed by atoms with Crippen LogP contribution in [0.1, 0.15) is 23.2 Å². The van der Waals surface area contributed by atoms with Crippen LogP contribution in [-0.4, -0.2) is 74.2 Å². The van der Waals surface area contributed by atoms with Crippen molar-refractivity contribution >= 4 is 52.3 Å². The van der Waals surface area contributed by atoms with Gasteiger partial charge in [0.2, 0.25) is 5.95 Å². The van der Waals surface area contributed by atoms with Gasteiger partial charge in [-0.2, -0.15) is 9.97 Å². The van der Waals surface area contributed by atoms with E-state index >= 15 is 0 Å². The molecule has 1 aromatic carbocycles. The minimum atomic E-state index is -1.17. The average Bonchev–Trinajstić information content (AvgIpc) is 2.82. The van der Waals surface area contributed by atoms with Crippen LogP contribution in [0.25, 0.3) is 11.2 Å². The van der Waals surface area contributed by atoms with Crippen LogP contribution >= 0.6 is 0 Å². The van der Waals surface area contributed by atoms with Crippen molar-refractivity contribution in [2.24, 2.45) is 0 Å². The fourth-order valence-electron chi connectivity index (χ4n) is 3.19. The van der Waals surface area contributed by atoms with Crippen LogP contribution in [-0.2, 0) is 9.59 Å². The Labute approximate surface area is 199 Å². The molecule has 0 spiro atoms. The number of carboxylic acids is 2. The van der Waals surface area contributed by atoms with E-state index in [1.54, 1.807) is 36.2 Å². The molecule has 14 heteroatoms. The van der Waals surface area contributed by atoms with Crippen molar-refractivity contribution in [2.45, 2.75) is 18.9 Å². The third-order valence-electron chi connectivity index (χ3n) is 5.02. The Bertz CT molecular complexity index is 1240. The first kappa shape index (κ1) is 25.0. The Morgan fingerprint density at radius 3 is 2.46 bits per heavy atom. The highest BCUT2D eigenvalue weighted by atomic mass is 16.4. The number of nitrogens with two attached hydrogens (primary N) is 2. The smallest absolute Gasteiger partial charge is 0.326 e. The Kier molecular flexibility index (Phi) is 7.88. The molecule has 14 nitrogen and oxygen atoms in total. The molecule has 0 saturated heterocycles. The molecule has 0 aliphatic carbocycles. The molecule has 1 atom stereocenters. The van der Waals surface area contributed by atoms with Crippen LogP contribution < -0.4 is 27.0 Å². The number of carbonyl (C=O) groups is 3. The van der Waals surface area contributed by atoms with Gasteiger partial charge in [-0.1, -0.05) is 0 Å². The highest BCUT2D eigenvalue weighted by Crippen LogP contribution is 2.24. The number of aromatic nitrogens is 4. The number of rotatable bonds is 11. The highest BCUT2D eigenvalue weighted by molar-refractivity contribution is 5.97. The summed E-state index contributed by atoms with van der Waals surface area (Å²) in [4.78, 5) is 52.8. The molecule has 8 N–H and O–H groups in total. The topological polar surface area (TPSA) is 223 Å². The maximum atomic E-state index is 12.6. The lowest BCUT2D eigenvalue weighted by molar-refractivity contribution is -0.139. The van der Waals surface area contributed by atoms with E-state index in [4.69, 9.17) is 16.6 Å². The zero-order valence-electron chi connectivity index (χ0n) is 18.8. The molecular formula is C21H25N9O5. The number of amides is 1. The van der Waals surface area contributed by atoms with Gasteiger partial charge in [-0.3, -0.25) is 9.59 Å². The third kappa shape index (κ3) is 6.48. The van der Waals surface area contributed by atoms with Crippen molar-refractivity contribution in [1.29, 1.82) is 0 Å². The van der Waals surface area contributed by atoms with E-state index < -0.39 is 23.9 Å². The van der Waals surface area contributed by atoms with E-state index in [2.05, 4.69) is 30.6 Å². The van der Waals surface area contributed by atoms with E-state index in [0.717, 1.165) is 0 Å². The number of fused-ring (bicyclic) bond motifs is 1. The van der Waals surface area contributed by atoms with Crippen LogP contribution in [0.15, 0.2) is 30.5 Å². The number of hydrogen-bond acceptors (Lipinski definition) is 11. The first-order valence-corrected chi connectivity index (χ1v) is 10.5. The van der Waals surface area contributed by atoms with Crippen molar-refractivity contribution in [3.8, 4) is 0 Å². The van der Waals surface area contributed by atoms with Crippen molar-refractivity contribution in [1.82, 2.24) is 30.6 Å². The second-order valence-corrected chi connectivity index (χ2v) is 7.55. The molecule has 0 saturated carbocycles. The number of benzene rings is 1. The number of nitrogens with zero attached hydrogens (tertiary/aromatic N) is 5. The lowest BCUT2D eigenvalue weighted by atomic mass is 10.1. The maximum absolute atomic E-state index is 12.6. The van der Waals surface area contributed by atoms with Gasteiger partial charge in [0.05, 0.1) is 12.7 Å². The van der Waals surface area contributed by atoms with Crippen LogP contribution in [0.4, 0.5) is 23.3 Å². The zero-order valence-corrected chi connectivity index (χ0v) is 18.8. The van der Waals surface area contributed by atoms with Gasteiger partial charge < -0.3 is 37.2 Å². The Morgan fingerprint density at radius 1 is 1.09 bits per heavy atom. The molecule has 184 valence electrons. The van der Waals surface area contributed by atoms with E-state index in [9.17, 15) is 19.5 Å². The molecular weight excluding hydrogens is 458 g/mol. The lowest BCUT2D eigenvalue weighted by Crippen LogP contribution is -2.41. The number of anilines is 4. The number of carboxylic acid groups (broad SMARTS) is 2. The molecule has 0 aliphatic heterocycles. The van der Waals surface area contributed by atoms with E-state index in [1.807, 2.05) is 0 Å². The minimum Gasteiger partial charge on any atom is -0.480 e. The summed E-state index contributed by atoms with van der Waals surface area (Å²) in [6.45, 7) is 0.0985. The number of nitrogens with one attached hydrogen (secondary N) is 2. The van der Waals surface area contributed by atoms with Gasteiger partial charge in [-0.05, 0) is 43.7 Å². The van der Waals surface area contributed by atoms with Crippen LogP contribution in [0, 0.1) is 0 Å². The van der Waals surface area contributed by atoms with Gasteiger partial charge in [-0.15, -0.1) is 0 Å². The van der Waals surface area contributed by atoms with Crippen molar-refractivity contribution in [2.75, 3.05) is 36.5 Å². The molecule has 0 radical (unpaired) electrons. The van der Waals surface area contributed by atoms with Crippen molar-refractivity contribution in [3.63, 3.8) is 0 Å². The summed E-state index contributed by atoms with van der Waals surface area (Å²) in [6, 6.07) is 5.36. The monoisotopic (exact) mass is 483 g/mol. The van der Waals surface area contributed by atoms with Gasteiger partial charge in [-0.25, -0.2) is 14.8 Å². The molecule has 0 aliphatic rings. The van der Waals surface area contributed by atoms with Gasteiger partial charge in [0.15, 0.2) is 22.8 Å². The molecule has 2 heterocycles. The van der Waals surface area contributed by atoms with Crippen LogP contribution in [0.5, 0.6) is 0 Å². The summed E-state index contributed by atoms with van der Waals surface area (Å²) in [7, 11) is 1.75. The summed E-state index contributed by atoms with van der Waals surface area (Å²) >= 11 is 0. The summed E-state index contributed by atoms with van der Waals surface area (Å²) in [5.74, 6) is -2.16. The minimum absolute atomic E-state index is 0.000685. The van der Waals surface area contributed by atoms with Crippen LogP contribution in [0.3, 0.4) is 0 Å². The SMILES string of the molecule is CN(c1ccc(C(=O)N[C@@H](CCCNCC(=O)O)C(=O)O)cc1)c1cnc2nc(N)nc(N)c2n1. The van der Waals surface area contributed by atoms with Gasteiger partial charge >= 0.3 is 11.9 Å². The molecule has 3 aromatic rings. The van der Waals surface area contributed by atoms with E-state index in [1.165, 1.54) is 6.20 Å². The van der Waals surface area contributed by atoms with Crippen molar-refractivity contribution in [3.05, 3.63) is 36.0 Å². The first-order chi connectivity index (χ1) is 16.7. The molecule has 1 amide bonds. The summed E-state index contributed by atoms with van der Waals surface area (Å²) in [5.41, 5.74) is 13.0. The second-order valence-electron chi connectivity index (χ2n) is 7.55. The van der Waals surface area contributed by atoms with Crippen LogP contribution in [0.2, 0.25) is 0 Å². The van der Waals surface area contributed by atoms with E-state index in [0.29, 0.717) is 30.0 Å². The third-order valence-corrected chi connectivity index (χ3v) is 5.02. The molecule has 35 heavy (non-hydrogen) atoms. The summed E-state index contributed by atoms with van der Waals surface area (Å²) < 4.78 is 0. The second kappa shape index (κ2) is 11.0. The number of nitrogen functional groups attached to an aromatic ring is 2. The molecule has 3 rings (SSSR count). The number of carbonyl (C=O) groups excluding carboxylic acids is 1. The fourth-order valence-corrected chi connectivity index (χ4v) is 3.19. The molecule has 0 fully saturated rings. The van der Waals surface area contributed by atoms with Gasteiger partial charge in [0.1, 0.15) is 6.04 Å². The zero-order chi connectivity index (χ0) is 25.5. The normalized spacial score (nSPS) is 11.7. The predicted molar refractivity (Wildman–Crippen MR) is 127 cm³/mol. The van der Waals surface area contributed by atoms with E-state index in [-0.39, 0.29) is 35.9 Å². The predicted octanol–water partition coefficient (Wildman–Crippen LogP) is -0.0105.